The van der Waals surface area contributed by atoms with Gasteiger partial charge in [-0.2, -0.15) is 0 Å². The third kappa shape index (κ3) is 4.58. The highest BCUT2D eigenvalue weighted by atomic mass is 32.2. The van der Waals surface area contributed by atoms with Crippen molar-refractivity contribution in [1.29, 1.82) is 0 Å². The molecule has 0 saturated carbocycles. The standard InChI is InChI=1S/C16H18N2O2S/c1-17-12-13-5-4-7-15(11-13)21-10-9-14-6-2-3-8-16(14)18(19)20/h2-8,11,17H,9-10,12H2,1H3. The van der Waals surface area contributed by atoms with Crippen molar-refractivity contribution in [1.82, 2.24) is 5.32 Å². The van der Waals surface area contributed by atoms with Crippen LogP contribution in [-0.2, 0) is 13.0 Å². The number of para-hydroxylation sites is 1. The van der Waals surface area contributed by atoms with Crippen LogP contribution in [0.3, 0.4) is 0 Å². The number of hydrogen-bond acceptors (Lipinski definition) is 4. The Morgan fingerprint density at radius 3 is 2.76 bits per heavy atom. The van der Waals surface area contributed by atoms with Crippen LogP contribution in [0, 0.1) is 10.1 Å². The van der Waals surface area contributed by atoms with Crippen molar-refractivity contribution in [3.8, 4) is 0 Å². The van der Waals surface area contributed by atoms with Gasteiger partial charge >= 0.3 is 0 Å². The SMILES string of the molecule is CNCc1cccc(SCCc2ccccc2[N+](=O)[O-])c1. The Labute approximate surface area is 128 Å². The van der Waals surface area contributed by atoms with Gasteiger partial charge in [-0.25, -0.2) is 0 Å². The highest BCUT2D eigenvalue weighted by Crippen LogP contribution is 2.23. The molecule has 0 atom stereocenters. The number of nitrogens with zero attached hydrogens (tertiary/aromatic N) is 1. The summed E-state index contributed by atoms with van der Waals surface area (Å²) in [5.74, 6) is 0.827. The summed E-state index contributed by atoms with van der Waals surface area (Å²) in [5, 5.41) is 14.1. The summed E-state index contributed by atoms with van der Waals surface area (Å²) in [6, 6.07) is 15.3. The second kappa shape index (κ2) is 7.81. The molecule has 0 heterocycles. The van der Waals surface area contributed by atoms with Crippen molar-refractivity contribution in [2.45, 2.75) is 17.9 Å². The Bertz CT molecular complexity index is 617. The van der Waals surface area contributed by atoms with Crippen LogP contribution in [0.15, 0.2) is 53.4 Å². The largest absolute Gasteiger partial charge is 0.316 e. The van der Waals surface area contributed by atoms with Gasteiger partial charge in [-0.1, -0.05) is 30.3 Å². The fourth-order valence-corrected chi connectivity index (χ4v) is 3.10. The van der Waals surface area contributed by atoms with E-state index in [9.17, 15) is 10.1 Å². The fraction of sp³-hybridized carbons (Fsp3) is 0.250. The lowest BCUT2D eigenvalue weighted by Gasteiger charge is -2.05. The van der Waals surface area contributed by atoms with E-state index in [1.54, 1.807) is 23.9 Å². The number of rotatable bonds is 7. The topological polar surface area (TPSA) is 55.2 Å². The smallest absolute Gasteiger partial charge is 0.272 e. The molecule has 0 amide bonds. The normalized spacial score (nSPS) is 10.5. The number of aryl methyl sites for hydroxylation is 1. The van der Waals surface area contributed by atoms with Gasteiger partial charge in [0.2, 0.25) is 0 Å². The highest BCUT2D eigenvalue weighted by molar-refractivity contribution is 7.99. The Kier molecular flexibility index (Phi) is 5.78. The second-order valence-electron chi connectivity index (χ2n) is 4.66. The molecule has 21 heavy (non-hydrogen) atoms. The van der Waals surface area contributed by atoms with Crippen molar-refractivity contribution in [3.05, 3.63) is 69.8 Å². The summed E-state index contributed by atoms with van der Waals surface area (Å²) in [7, 11) is 1.92. The molecular weight excluding hydrogens is 284 g/mol. The number of hydrogen-bond donors (Lipinski definition) is 1. The lowest BCUT2D eigenvalue weighted by molar-refractivity contribution is -0.385. The van der Waals surface area contributed by atoms with E-state index < -0.39 is 0 Å². The van der Waals surface area contributed by atoms with Gasteiger partial charge in [-0.15, -0.1) is 11.8 Å². The first-order chi connectivity index (χ1) is 10.2. The minimum atomic E-state index is -0.312. The maximum atomic E-state index is 11.0. The molecule has 0 unspecified atom stereocenters. The van der Waals surface area contributed by atoms with Crippen LogP contribution >= 0.6 is 11.8 Å². The van der Waals surface area contributed by atoms with Gasteiger partial charge in [0.1, 0.15) is 0 Å². The van der Waals surface area contributed by atoms with Crippen LogP contribution in [0.1, 0.15) is 11.1 Å². The predicted molar refractivity (Wildman–Crippen MR) is 86.7 cm³/mol. The first-order valence-electron chi connectivity index (χ1n) is 6.79. The first-order valence-corrected chi connectivity index (χ1v) is 7.78. The van der Waals surface area contributed by atoms with E-state index in [4.69, 9.17) is 0 Å². The lowest BCUT2D eigenvalue weighted by Crippen LogP contribution is -2.04. The van der Waals surface area contributed by atoms with Crippen LogP contribution in [0.5, 0.6) is 0 Å². The Morgan fingerprint density at radius 2 is 2.00 bits per heavy atom. The van der Waals surface area contributed by atoms with Gasteiger partial charge in [0.15, 0.2) is 0 Å². The average Bonchev–Trinajstić information content (AvgIpc) is 2.48. The van der Waals surface area contributed by atoms with E-state index in [-0.39, 0.29) is 10.6 Å². The molecule has 2 aromatic carbocycles. The van der Waals surface area contributed by atoms with Gasteiger partial charge in [-0.3, -0.25) is 10.1 Å². The van der Waals surface area contributed by atoms with Crippen LogP contribution in [0.25, 0.3) is 0 Å². The monoisotopic (exact) mass is 302 g/mol. The fourth-order valence-electron chi connectivity index (χ4n) is 2.13. The summed E-state index contributed by atoms with van der Waals surface area (Å²) in [5.41, 5.74) is 2.25. The predicted octanol–water partition coefficient (Wildman–Crippen LogP) is 3.65. The molecule has 0 bridgehead atoms. The molecule has 2 aromatic rings. The summed E-state index contributed by atoms with van der Waals surface area (Å²) < 4.78 is 0. The zero-order valence-electron chi connectivity index (χ0n) is 11.9. The Hall–Kier alpha value is -1.85. The molecule has 0 saturated heterocycles. The van der Waals surface area contributed by atoms with Crippen molar-refractivity contribution >= 4 is 17.4 Å². The number of nitro benzene ring substituents is 1. The molecule has 0 radical (unpaired) electrons. The molecule has 0 aromatic heterocycles. The van der Waals surface area contributed by atoms with Crippen LogP contribution in [0.2, 0.25) is 0 Å². The first kappa shape index (κ1) is 15.5. The van der Waals surface area contributed by atoms with Crippen molar-refractivity contribution in [2.24, 2.45) is 0 Å². The van der Waals surface area contributed by atoms with Crippen LogP contribution in [0.4, 0.5) is 5.69 Å². The number of benzene rings is 2. The molecule has 2 rings (SSSR count). The summed E-state index contributed by atoms with van der Waals surface area (Å²) in [4.78, 5) is 11.8. The zero-order chi connectivity index (χ0) is 15.1. The van der Waals surface area contributed by atoms with Gasteiger partial charge in [-0.05, 0) is 31.2 Å². The van der Waals surface area contributed by atoms with Crippen LogP contribution in [-0.4, -0.2) is 17.7 Å². The van der Waals surface area contributed by atoms with E-state index in [0.717, 1.165) is 17.9 Å². The average molecular weight is 302 g/mol. The maximum absolute atomic E-state index is 11.0. The third-order valence-corrected chi connectivity index (χ3v) is 4.10. The molecule has 0 aliphatic carbocycles. The molecule has 0 spiro atoms. The minimum absolute atomic E-state index is 0.210. The van der Waals surface area contributed by atoms with Gasteiger partial charge in [0, 0.05) is 28.8 Å². The number of nitrogens with one attached hydrogen (secondary N) is 1. The third-order valence-electron chi connectivity index (χ3n) is 3.11. The van der Waals surface area contributed by atoms with Gasteiger partial charge < -0.3 is 5.32 Å². The molecule has 0 aliphatic heterocycles. The summed E-state index contributed by atoms with van der Waals surface area (Å²) >= 11 is 1.73. The molecule has 0 aliphatic rings. The molecule has 110 valence electrons. The lowest BCUT2D eigenvalue weighted by atomic mass is 10.1. The molecule has 1 N–H and O–H groups in total. The summed E-state index contributed by atoms with van der Waals surface area (Å²) in [6.45, 7) is 0.846. The molecule has 0 fully saturated rings. The van der Waals surface area contributed by atoms with Gasteiger partial charge in [0.25, 0.3) is 5.69 Å². The highest BCUT2D eigenvalue weighted by Gasteiger charge is 2.11. The van der Waals surface area contributed by atoms with E-state index >= 15 is 0 Å². The molecule has 5 heteroatoms. The molecule has 4 nitrogen and oxygen atoms in total. The summed E-state index contributed by atoms with van der Waals surface area (Å²) in [6.07, 6.45) is 0.693. The van der Waals surface area contributed by atoms with E-state index in [1.807, 2.05) is 25.2 Å². The minimum Gasteiger partial charge on any atom is -0.316 e. The number of nitro groups is 1. The van der Waals surface area contributed by atoms with Crippen LogP contribution < -0.4 is 5.32 Å². The molecular formula is C16H18N2O2S. The number of thioether (sulfide) groups is 1. The van der Waals surface area contributed by atoms with E-state index in [1.165, 1.54) is 10.5 Å². The Balaban J connectivity index is 1.95. The maximum Gasteiger partial charge on any atom is 0.272 e. The zero-order valence-corrected chi connectivity index (χ0v) is 12.7. The van der Waals surface area contributed by atoms with Crippen molar-refractivity contribution in [3.63, 3.8) is 0 Å². The Morgan fingerprint density at radius 1 is 1.19 bits per heavy atom. The van der Waals surface area contributed by atoms with Crippen molar-refractivity contribution < 1.29 is 4.92 Å². The van der Waals surface area contributed by atoms with Gasteiger partial charge in [0.05, 0.1) is 4.92 Å². The van der Waals surface area contributed by atoms with Crippen molar-refractivity contribution in [2.75, 3.05) is 12.8 Å². The van der Waals surface area contributed by atoms with E-state index in [0.29, 0.717) is 6.42 Å². The second-order valence-corrected chi connectivity index (χ2v) is 5.83. The quantitative estimate of drug-likeness (QED) is 0.482. The van der Waals surface area contributed by atoms with E-state index in [2.05, 4.69) is 23.5 Å².